The molecule has 0 aliphatic carbocycles. The fourth-order valence-electron chi connectivity index (χ4n) is 2.26. The van der Waals surface area contributed by atoms with Crippen LogP contribution in [0.5, 0.6) is 0 Å². The highest BCUT2D eigenvalue weighted by molar-refractivity contribution is 9.10. The first-order valence-electron chi connectivity index (χ1n) is 5.65. The Morgan fingerprint density at radius 1 is 1.39 bits per heavy atom. The van der Waals surface area contributed by atoms with Crippen LogP contribution in [0, 0.1) is 6.92 Å². The van der Waals surface area contributed by atoms with Gasteiger partial charge in [0.25, 0.3) is 0 Å². The quantitative estimate of drug-likeness (QED) is 0.863. The summed E-state index contributed by atoms with van der Waals surface area (Å²) in [7, 11) is 1.92. The number of benzene rings is 1. The van der Waals surface area contributed by atoms with Crippen LogP contribution in [0.3, 0.4) is 0 Å². The van der Waals surface area contributed by atoms with Gasteiger partial charge in [0.2, 0.25) is 0 Å². The van der Waals surface area contributed by atoms with Gasteiger partial charge in [-0.15, -0.1) is 0 Å². The highest BCUT2D eigenvalue weighted by Crippen LogP contribution is 2.34. The highest BCUT2D eigenvalue weighted by Gasteiger charge is 2.20. The molecule has 3 nitrogen and oxygen atoms in total. The molecule has 0 aliphatic heterocycles. The summed E-state index contributed by atoms with van der Waals surface area (Å²) >= 11 is 3.45. The van der Waals surface area contributed by atoms with E-state index < -0.39 is 0 Å². The minimum Gasteiger partial charge on any atom is -0.396 e. The van der Waals surface area contributed by atoms with Crippen molar-refractivity contribution < 1.29 is 4.79 Å². The molecule has 0 amide bonds. The van der Waals surface area contributed by atoms with Gasteiger partial charge in [-0.25, -0.2) is 0 Å². The van der Waals surface area contributed by atoms with E-state index in [9.17, 15) is 4.79 Å². The first-order chi connectivity index (χ1) is 8.43. The van der Waals surface area contributed by atoms with Crippen molar-refractivity contribution in [2.24, 2.45) is 7.05 Å². The molecule has 1 aromatic heterocycles. The third kappa shape index (κ3) is 1.97. The number of carbonyl (C=O) groups is 1. The summed E-state index contributed by atoms with van der Waals surface area (Å²) in [6, 6.07) is 7.89. The summed E-state index contributed by atoms with van der Waals surface area (Å²) < 4.78 is 2.95. The molecule has 1 heterocycles. The number of nitrogens with zero attached hydrogens (tertiary/aromatic N) is 1. The Morgan fingerprint density at radius 2 is 2.06 bits per heavy atom. The number of halogens is 1. The average molecular weight is 307 g/mol. The lowest BCUT2D eigenvalue weighted by Gasteiger charge is -2.06. The van der Waals surface area contributed by atoms with Gasteiger partial charge in [-0.05, 0) is 26.0 Å². The minimum absolute atomic E-state index is 0.00171. The molecule has 4 heteroatoms. The minimum atomic E-state index is 0.00171. The maximum atomic E-state index is 11.6. The number of carbonyl (C=O) groups excluding carboxylic acids is 1. The van der Waals surface area contributed by atoms with Crippen molar-refractivity contribution >= 4 is 27.4 Å². The first kappa shape index (κ1) is 12.9. The average Bonchev–Trinajstić information content (AvgIpc) is 2.50. The third-order valence-corrected chi connectivity index (χ3v) is 3.67. The number of hydrogen-bond donors (Lipinski definition) is 1. The topological polar surface area (TPSA) is 48.0 Å². The van der Waals surface area contributed by atoms with Gasteiger partial charge in [-0.1, -0.05) is 28.1 Å². The van der Waals surface area contributed by atoms with Crippen LogP contribution in [-0.4, -0.2) is 10.4 Å². The molecule has 1 aromatic carbocycles. The Kier molecular flexibility index (Phi) is 3.30. The Morgan fingerprint density at radius 3 is 2.56 bits per heavy atom. The van der Waals surface area contributed by atoms with Gasteiger partial charge in [-0.2, -0.15) is 0 Å². The highest BCUT2D eigenvalue weighted by atomic mass is 79.9. The summed E-state index contributed by atoms with van der Waals surface area (Å²) in [5.74, 6) is 0.00171. The number of ketones is 1. The van der Waals surface area contributed by atoms with E-state index in [1.807, 2.05) is 42.8 Å². The van der Waals surface area contributed by atoms with E-state index in [0.717, 1.165) is 21.4 Å². The summed E-state index contributed by atoms with van der Waals surface area (Å²) in [5, 5.41) is 0. The molecule has 18 heavy (non-hydrogen) atoms. The first-order valence-corrected chi connectivity index (χ1v) is 6.44. The standard InChI is InChI=1S/C14H15BrN2O/c1-8-12(9(2)18)13(16)14(17(8)3)10-5-4-6-11(15)7-10/h4-7H,16H2,1-3H3. The Balaban J connectivity index is 2.73. The van der Waals surface area contributed by atoms with E-state index >= 15 is 0 Å². The lowest BCUT2D eigenvalue weighted by molar-refractivity contribution is 0.101. The molecule has 0 saturated carbocycles. The number of nitrogens with two attached hydrogens (primary N) is 1. The summed E-state index contributed by atoms with van der Waals surface area (Å²) in [5.41, 5.74) is 10.1. The third-order valence-electron chi connectivity index (χ3n) is 3.17. The number of hydrogen-bond acceptors (Lipinski definition) is 2. The number of rotatable bonds is 2. The Labute approximate surface area is 115 Å². The second-order valence-corrected chi connectivity index (χ2v) is 5.26. The zero-order valence-electron chi connectivity index (χ0n) is 10.6. The lowest BCUT2D eigenvalue weighted by atomic mass is 10.1. The number of aromatic nitrogens is 1. The summed E-state index contributed by atoms with van der Waals surface area (Å²) in [4.78, 5) is 11.6. The predicted octanol–water partition coefficient (Wildman–Crippen LogP) is 3.55. The van der Waals surface area contributed by atoms with E-state index in [1.165, 1.54) is 0 Å². The predicted molar refractivity (Wildman–Crippen MR) is 77.7 cm³/mol. The van der Waals surface area contributed by atoms with E-state index in [4.69, 9.17) is 5.73 Å². The zero-order valence-corrected chi connectivity index (χ0v) is 12.2. The maximum Gasteiger partial charge on any atom is 0.163 e. The number of Topliss-reactive ketones (excluding diaryl/α,β-unsaturated/α-hetero) is 1. The van der Waals surface area contributed by atoms with Crippen molar-refractivity contribution in [1.82, 2.24) is 4.57 Å². The maximum absolute atomic E-state index is 11.6. The van der Waals surface area contributed by atoms with Gasteiger partial charge >= 0.3 is 0 Å². The van der Waals surface area contributed by atoms with Crippen LogP contribution in [0.2, 0.25) is 0 Å². The molecule has 94 valence electrons. The second kappa shape index (κ2) is 4.61. The summed E-state index contributed by atoms with van der Waals surface area (Å²) in [6.07, 6.45) is 0. The molecule has 0 atom stereocenters. The molecule has 0 radical (unpaired) electrons. The molecule has 2 aromatic rings. The van der Waals surface area contributed by atoms with Crippen LogP contribution in [0.4, 0.5) is 5.69 Å². The monoisotopic (exact) mass is 306 g/mol. The van der Waals surface area contributed by atoms with Crippen LogP contribution in [0.1, 0.15) is 23.0 Å². The molecule has 0 spiro atoms. The van der Waals surface area contributed by atoms with E-state index in [2.05, 4.69) is 15.9 Å². The van der Waals surface area contributed by atoms with Crippen LogP contribution in [0.25, 0.3) is 11.3 Å². The SMILES string of the molecule is CC(=O)c1c(N)c(-c2cccc(Br)c2)n(C)c1C. The van der Waals surface area contributed by atoms with E-state index in [0.29, 0.717) is 11.3 Å². The van der Waals surface area contributed by atoms with Gasteiger partial charge in [0.05, 0.1) is 16.9 Å². The fraction of sp³-hybridized carbons (Fsp3) is 0.214. The van der Waals surface area contributed by atoms with Crippen molar-refractivity contribution in [2.45, 2.75) is 13.8 Å². The van der Waals surface area contributed by atoms with Gasteiger partial charge in [0, 0.05) is 22.8 Å². The second-order valence-electron chi connectivity index (χ2n) is 4.35. The van der Waals surface area contributed by atoms with Crippen LogP contribution in [-0.2, 0) is 7.05 Å². The molecular formula is C14H15BrN2O. The smallest absolute Gasteiger partial charge is 0.163 e. The van der Waals surface area contributed by atoms with E-state index in [1.54, 1.807) is 6.92 Å². The van der Waals surface area contributed by atoms with Gasteiger partial charge in [0.1, 0.15) is 0 Å². The van der Waals surface area contributed by atoms with Crippen molar-refractivity contribution in [3.05, 3.63) is 40.0 Å². The Hall–Kier alpha value is -1.55. The van der Waals surface area contributed by atoms with Crippen LogP contribution >= 0.6 is 15.9 Å². The van der Waals surface area contributed by atoms with E-state index in [-0.39, 0.29) is 5.78 Å². The summed E-state index contributed by atoms with van der Waals surface area (Å²) in [6.45, 7) is 3.46. The van der Waals surface area contributed by atoms with Gasteiger partial charge in [0.15, 0.2) is 5.78 Å². The van der Waals surface area contributed by atoms with Crippen LogP contribution in [0.15, 0.2) is 28.7 Å². The molecule has 0 aliphatic rings. The molecule has 2 rings (SSSR count). The molecule has 0 unspecified atom stereocenters. The normalized spacial score (nSPS) is 10.7. The Bertz CT molecular complexity index is 629. The van der Waals surface area contributed by atoms with Crippen molar-refractivity contribution in [2.75, 3.05) is 5.73 Å². The molecule has 0 fully saturated rings. The van der Waals surface area contributed by atoms with Crippen LogP contribution < -0.4 is 5.73 Å². The lowest BCUT2D eigenvalue weighted by Crippen LogP contribution is -1.98. The molecule has 2 N–H and O–H groups in total. The fourth-order valence-corrected chi connectivity index (χ4v) is 2.66. The zero-order chi connectivity index (χ0) is 13.4. The van der Waals surface area contributed by atoms with Gasteiger partial charge in [-0.3, -0.25) is 4.79 Å². The largest absolute Gasteiger partial charge is 0.396 e. The number of nitrogen functional groups attached to an aromatic ring is 1. The molecular weight excluding hydrogens is 292 g/mol. The molecule has 0 bridgehead atoms. The van der Waals surface area contributed by atoms with Crippen molar-refractivity contribution in [1.29, 1.82) is 0 Å². The molecule has 0 saturated heterocycles. The number of anilines is 1. The van der Waals surface area contributed by atoms with Gasteiger partial charge < -0.3 is 10.3 Å². The van der Waals surface area contributed by atoms with Crippen molar-refractivity contribution in [3.63, 3.8) is 0 Å². The van der Waals surface area contributed by atoms with Crippen molar-refractivity contribution in [3.8, 4) is 11.3 Å².